The molecule has 210 valence electrons. The number of amides is 1. The van der Waals surface area contributed by atoms with Crippen molar-refractivity contribution in [2.24, 2.45) is 46.3 Å². The first-order chi connectivity index (χ1) is 18.0. The summed E-state index contributed by atoms with van der Waals surface area (Å²) in [5.41, 5.74) is 0.922. The van der Waals surface area contributed by atoms with Crippen LogP contribution in [0.3, 0.4) is 0 Å². The van der Waals surface area contributed by atoms with E-state index in [1.807, 2.05) is 0 Å². The number of halogens is 2. The molecule has 4 saturated carbocycles. The van der Waals surface area contributed by atoms with Crippen LogP contribution in [-0.2, 0) is 11.2 Å². The number of hydrogen-bond donors (Lipinski definition) is 2. The highest BCUT2D eigenvalue weighted by Gasteiger charge is 2.63. The van der Waals surface area contributed by atoms with E-state index in [4.69, 9.17) is 0 Å². The molecular formula is C32H45F2NO3. The van der Waals surface area contributed by atoms with Crippen LogP contribution in [0.25, 0.3) is 0 Å². The molecule has 4 fully saturated rings. The van der Waals surface area contributed by atoms with E-state index in [0.29, 0.717) is 54.5 Å². The molecule has 1 aromatic carbocycles. The Morgan fingerprint density at radius 2 is 1.87 bits per heavy atom. The standard InChI is InChI=1S/C32H45F2NO3/c1-18(4-9-29(38)35-13-11-19-14-21(33)16-27(34)30(19)35)24-7-8-25-23-6-5-20-15-22(36)10-12-31(20,2)26(23)17-28(37)32(24,25)3/h14,16,18,20,22-26,28,36-37H,4-13,15,17H2,1-3H3/t18-,20-,22-,23+,24-,25+,26+,28+,31+,32-/m1/s1. The van der Waals surface area contributed by atoms with Crippen molar-refractivity contribution in [2.75, 3.05) is 11.4 Å². The lowest BCUT2D eigenvalue weighted by atomic mass is 9.43. The summed E-state index contributed by atoms with van der Waals surface area (Å²) >= 11 is 0. The Morgan fingerprint density at radius 1 is 1.08 bits per heavy atom. The molecule has 0 spiro atoms. The molecule has 1 heterocycles. The highest BCUT2D eigenvalue weighted by molar-refractivity contribution is 5.95. The zero-order chi connectivity index (χ0) is 27.0. The lowest BCUT2D eigenvalue weighted by molar-refractivity contribution is -0.174. The fourth-order valence-corrected chi connectivity index (χ4v) is 10.6. The maximum Gasteiger partial charge on any atom is 0.227 e. The molecule has 1 aliphatic heterocycles. The summed E-state index contributed by atoms with van der Waals surface area (Å²) in [6.45, 7) is 7.42. The van der Waals surface area contributed by atoms with Crippen LogP contribution < -0.4 is 4.90 Å². The third-order valence-electron chi connectivity index (χ3n) is 12.6. The van der Waals surface area contributed by atoms with Crippen LogP contribution in [0.2, 0.25) is 0 Å². The number of carbonyl (C=O) groups excluding carboxylic acids is 1. The van der Waals surface area contributed by atoms with Crippen LogP contribution in [0.1, 0.15) is 90.5 Å². The van der Waals surface area contributed by atoms with E-state index in [1.165, 1.54) is 23.8 Å². The molecule has 10 atom stereocenters. The second-order valence-electron chi connectivity index (χ2n) is 14.1. The van der Waals surface area contributed by atoms with E-state index in [-0.39, 0.29) is 40.6 Å². The largest absolute Gasteiger partial charge is 0.393 e. The second kappa shape index (κ2) is 9.54. The quantitative estimate of drug-likeness (QED) is 0.484. The molecule has 4 aliphatic carbocycles. The highest BCUT2D eigenvalue weighted by atomic mass is 19.1. The van der Waals surface area contributed by atoms with Crippen molar-refractivity contribution in [1.29, 1.82) is 0 Å². The van der Waals surface area contributed by atoms with Crippen LogP contribution in [-0.4, -0.2) is 34.9 Å². The van der Waals surface area contributed by atoms with Gasteiger partial charge >= 0.3 is 0 Å². The molecule has 6 rings (SSSR count). The molecule has 4 nitrogen and oxygen atoms in total. The zero-order valence-corrected chi connectivity index (χ0v) is 23.3. The van der Waals surface area contributed by atoms with Crippen molar-refractivity contribution >= 4 is 11.6 Å². The number of fused-ring (bicyclic) bond motifs is 6. The van der Waals surface area contributed by atoms with Gasteiger partial charge in [0.1, 0.15) is 11.6 Å². The van der Waals surface area contributed by atoms with Crippen LogP contribution in [0, 0.1) is 58.0 Å². The highest BCUT2D eigenvalue weighted by Crippen LogP contribution is 2.68. The third-order valence-corrected chi connectivity index (χ3v) is 12.6. The number of carbonyl (C=O) groups is 1. The minimum absolute atomic E-state index is 0.0872. The second-order valence-corrected chi connectivity index (χ2v) is 14.1. The number of rotatable bonds is 4. The third kappa shape index (κ3) is 3.98. The first-order valence-corrected chi connectivity index (χ1v) is 15.2. The monoisotopic (exact) mass is 529 g/mol. The number of benzene rings is 1. The van der Waals surface area contributed by atoms with Gasteiger partial charge in [-0.05, 0) is 122 Å². The molecule has 0 aromatic heterocycles. The predicted molar refractivity (Wildman–Crippen MR) is 143 cm³/mol. The van der Waals surface area contributed by atoms with Crippen LogP contribution >= 0.6 is 0 Å². The first kappa shape index (κ1) is 26.7. The summed E-state index contributed by atoms with van der Waals surface area (Å²) < 4.78 is 28.1. The Bertz CT molecular complexity index is 1090. The molecule has 0 bridgehead atoms. The summed E-state index contributed by atoms with van der Waals surface area (Å²) in [4.78, 5) is 14.7. The van der Waals surface area contributed by atoms with Gasteiger partial charge in [-0.2, -0.15) is 0 Å². The molecule has 2 N–H and O–H groups in total. The van der Waals surface area contributed by atoms with Gasteiger partial charge in [-0.25, -0.2) is 8.78 Å². The van der Waals surface area contributed by atoms with Crippen molar-refractivity contribution < 1.29 is 23.8 Å². The number of anilines is 1. The van der Waals surface area contributed by atoms with Crippen LogP contribution in [0.5, 0.6) is 0 Å². The van der Waals surface area contributed by atoms with Gasteiger partial charge in [0, 0.05) is 19.0 Å². The van der Waals surface area contributed by atoms with Crippen molar-refractivity contribution in [3.8, 4) is 0 Å². The summed E-state index contributed by atoms with van der Waals surface area (Å²) in [7, 11) is 0. The molecular weight excluding hydrogens is 484 g/mol. The Morgan fingerprint density at radius 3 is 2.66 bits per heavy atom. The van der Waals surface area contributed by atoms with Gasteiger partial charge in [0.2, 0.25) is 5.91 Å². The van der Waals surface area contributed by atoms with E-state index in [2.05, 4.69) is 20.8 Å². The van der Waals surface area contributed by atoms with Gasteiger partial charge in [-0.15, -0.1) is 0 Å². The molecule has 0 radical (unpaired) electrons. The topological polar surface area (TPSA) is 60.8 Å². The Labute approximate surface area is 226 Å². The fourth-order valence-electron chi connectivity index (χ4n) is 10.6. The minimum Gasteiger partial charge on any atom is -0.393 e. The van der Waals surface area contributed by atoms with Crippen molar-refractivity contribution in [1.82, 2.24) is 0 Å². The van der Waals surface area contributed by atoms with E-state index < -0.39 is 11.6 Å². The Hall–Kier alpha value is -1.53. The molecule has 1 amide bonds. The van der Waals surface area contributed by atoms with Gasteiger partial charge in [-0.1, -0.05) is 20.8 Å². The van der Waals surface area contributed by atoms with Gasteiger partial charge in [0.05, 0.1) is 17.9 Å². The molecule has 38 heavy (non-hydrogen) atoms. The van der Waals surface area contributed by atoms with E-state index in [9.17, 15) is 23.8 Å². The normalized spacial score (nSPS) is 42.7. The summed E-state index contributed by atoms with van der Waals surface area (Å²) in [5.74, 6) is 1.59. The van der Waals surface area contributed by atoms with Crippen LogP contribution in [0.4, 0.5) is 14.5 Å². The van der Waals surface area contributed by atoms with E-state index in [1.54, 1.807) is 0 Å². The lowest BCUT2D eigenvalue weighted by Gasteiger charge is -2.62. The first-order valence-electron chi connectivity index (χ1n) is 15.2. The lowest BCUT2D eigenvalue weighted by Crippen LogP contribution is -2.58. The van der Waals surface area contributed by atoms with Crippen molar-refractivity contribution in [3.63, 3.8) is 0 Å². The number of aliphatic hydroxyl groups is 2. The Kier molecular flexibility index (Phi) is 6.70. The summed E-state index contributed by atoms with van der Waals surface area (Å²) in [6.07, 6.45) is 9.47. The van der Waals surface area contributed by atoms with Crippen molar-refractivity contribution in [3.05, 3.63) is 29.3 Å². The molecule has 6 heteroatoms. The molecule has 0 saturated heterocycles. The van der Waals surface area contributed by atoms with Gasteiger partial charge < -0.3 is 15.1 Å². The van der Waals surface area contributed by atoms with Gasteiger partial charge in [0.25, 0.3) is 0 Å². The minimum atomic E-state index is -0.652. The number of hydrogen-bond acceptors (Lipinski definition) is 3. The SMILES string of the molecule is C[C@H](CCC(=O)N1CCc2cc(F)cc(F)c21)[C@H]1CC[C@H]2[C@@H]3CC[C@@H]4C[C@H](O)CC[C@]4(C)[C@H]3C[C@H](O)[C@]12C. The van der Waals surface area contributed by atoms with Crippen LogP contribution in [0.15, 0.2) is 12.1 Å². The number of aliphatic hydroxyl groups excluding tert-OH is 2. The maximum atomic E-state index is 14.5. The number of nitrogens with zero attached hydrogens (tertiary/aromatic N) is 1. The van der Waals surface area contributed by atoms with Gasteiger partial charge in [0.15, 0.2) is 0 Å². The zero-order valence-electron chi connectivity index (χ0n) is 23.3. The molecule has 1 aromatic rings. The molecule has 5 aliphatic rings. The molecule has 0 unspecified atom stereocenters. The fraction of sp³-hybridized carbons (Fsp3) is 0.781. The average molecular weight is 530 g/mol. The van der Waals surface area contributed by atoms with Gasteiger partial charge in [-0.3, -0.25) is 4.79 Å². The van der Waals surface area contributed by atoms with Crippen molar-refractivity contribution in [2.45, 2.75) is 104 Å². The summed E-state index contributed by atoms with van der Waals surface area (Å²) in [6, 6.07) is 2.21. The van der Waals surface area contributed by atoms with E-state index in [0.717, 1.165) is 51.0 Å². The van der Waals surface area contributed by atoms with E-state index >= 15 is 0 Å². The summed E-state index contributed by atoms with van der Waals surface area (Å²) in [5, 5.41) is 22.1. The smallest absolute Gasteiger partial charge is 0.227 e. The maximum absolute atomic E-state index is 14.5. The Balaban J connectivity index is 1.14. The average Bonchev–Trinajstić information content (AvgIpc) is 3.46. The predicted octanol–water partition coefficient (Wildman–Crippen LogP) is 6.26.